The Morgan fingerprint density at radius 3 is 3.06 bits per heavy atom. The number of fused-ring (bicyclic) bond motifs is 3. The van der Waals surface area contributed by atoms with Crippen LogP contribution < -0.4 is 0 Å². The molecule has 0 spiro atoms. The van der Waals surface area contributed by atoms with Crippen molar-refractivity contribution in [2.75, 3.05) is 0 Å². The Kier molecular flexibility index (Phi) is 2.23. The zero-order valence-corrected chi connectivity index (χ0v) is 9.96. The Bertz CT molecular complexity index is 510. The SMILES string of the molecule is CC(C)C1CCCc2c1ccc1[nH]cnc21. The standard InChI is InChI=1S/C14H18N2/c1-9(2)10-4-3-5-12-11(10)6-7-13-14(12)16-8-15-13/h6-10H,3-5H2,1-2H3,(H,15,16). The van der Waals surface area contributed by atoms with Gasteiger partial charge < -0.3 is 4.98 Å². The number of aryl methyl sites for hydroxylation is 1. The molecule has 0 saturated carbocycles. The van der Waals surface area contributed by atoms with Gasteiger partial charge in [0.15, 0.2) is 0 Å². The average molecular weight is 214 g/mol. The van der Waals surface area contributed by atoms with Gasteiger partial charge in [0.2, 0.25) is 0 Å². The van der Waals surface area contributed by atoms with Gasteiger partial charge in [-0.05, 0) is 48.3 Å². The molecule has 1 atom stereocenters. The van der Waals surface area contributed by atoms with Crippen LogP contribution in [-0.4, -0.2) is 9.97 Å². The van der Waals surface area contributed by atoms with E-state index >= 15 is 0 Å². The topological polar surface area (TPSA) is 28.7 Å². The molecule has 1 aromatic heterocycles. The van der Waals surface area contributed by atoms with E-state index in [1.807, 2.05) is 6.33 Å². The molecule has 84 valence electrons. The predicted octanol–water partition coefficient (Wildman–Crippen LogP) is 3.64. The van der Waals surface area contributed by atoms with E-state index in [4.69, 9.17) is 0 Å². The average Bonchev–Trinajstić information content (AvgIpc) is 2.76. The maximum Gasteiger partial charge on any atom is 0.0931 e. The summed E-state index contributed by atoms with van der Waals surface area (Å²) in [5.74, 6) is 1.46. The number of imidazole rings is 1. The van der Waals surface area contributed by atoms with Crippen LogP contribution in [0.5, 0.6) is 0 Å². The monoisotopic (exact) mass is 214 g/mol. The van der Waals surface area contributed by atoms with Gasteiger partial charge in [-0.25, -0.2) is 4.98 Å². The summed E-state index contributed by atoms with van der Waals surface area (Å²) in [5, 5.41) is 0. The van der Waals surface area contributed by atoms with Crippen LogP contribution in [-0.2, 0) is 6.42 Å². The Hall–Kier alpha value is -1.31. The number of benzene rings is 1. The highest BCUT2D eigenvalue weighted by molar-refractivity contribution is 5.80. The van der Waals surface area contributed by atoms with E-state index in [0.29, 0.717) is 0 Å². The molecule has 1 aliphatic rings. The van der Waals surface area contributed by atoms with Gasteiger partial charge in [0.25, 0.3) is 0 Å². The van der Waals surface area contributed by atoms with E-state index in [1.165, 1.54) is 35.9 Å². The third kappa shape index (κ3) is 1.36. The molecular weight excluding hydrogens is 196 g/mol. The Balaban J connectivity index is 2.21. The first-order chi connectivity index (χ1) is 7.77. The Labute approximate surface area is 96.1 Å². The number of H-pyrrole nitrogens is 1. The van der Waals surface area contributed by atoms with Crippen LogP contribution >= 0.6 is 0 Å². The number of nitrogens with one attached hydrogen (secondary N) is 1. The molecule has 1 N–H and O–H groups in total. The van der Waals surface area contributed by atoms with Crippen LogP contribution in [0.1, 0.15) is 43.7 Å². The second-order valence-electron chi connectivity index (χ2n) is 5.17. The maximum absolute atomic E-state index is 4.47. The summed E-state index contributed by atoms with van der Waals surface area (Å²) in [7, 11) is 0. The maximum atomic E-state index is 4.47. The fraction of sp³-hybridized carbons (Fsp3) is 0.500. The first kappa shape index (κ1) is 9.88. The summed E-state index contributed by atoms with van der Waals surface area (Å²) in [6, 6.07) is 4.49. The highest BCUT2D eigenvalue weighted by Crippen LogP contribution is 2.38. The third-order valence-corrected chi connectivity index (χ3v) is 3.88. The molecule has 2 aromatic rings. The summed E-state index contributed by atoms with van der Waals surface area (Å²) < 4.78 is 0. The molecule has 0 aliphatic heterocycles. The fourth-order valence-electron chi connectivity index (χ4n) is 3.04. The molecule has 2 heteroatoms. The van der Waals surface area contributed by atoms with Crippen molar-refractivity contribution < 1.29 is 0 Å². The van der Waals surface area contributed by atoms with Crippen molar-refractivity contribution >= 4 is 11.0 Å². The Morgan fingerprint density at radius 1 is 1.38 bits per heavy atom. The quantitative estimate of drug-likeness (QED) is 0.771. The van der Waals surface area contributed by atoms with Crippen LogP contribution in [0.25, 0.3) is 11.0 Å². The zero-order valence-electron chi connectivity index (χ0n) is 9.96. The first-order valence-electron chi connectivity index (χ1n) is 6.22. The van der Waals surface area contributed by atoms with Crippen molar-refractivity contribution in [3.05, 3.63) is 29.6 Å². The molecule has 1 aromatic carbocycles. The van der Waals surface area contributed by atoms with Crippen molar-refractivity contribution in [3.63, 3.8) is 0 Å². The molecule has 0 radical (unpaired) electrons. The number of aromatic amines is 1. The molecule has 0 saturated heterocycles. The smallest absolute Gasteiger partial charge is 0.0931 e. The molecule has 2 nitrogen and oxygen atoms in total. The normalized spacial score (nSPS) is 20.3. The van der Waals surface area contributed by atoms with E-state index < -0.39 is 0 Å². The predicted molar refractivity (Wildman–Crippen MR) is 66.6 cm³/mol. The molecule has 1 unspecified atom stereocenters. The molecule has 1 aliphatic carbocycles. The van der Waals surface area contributed by atoms with Gasteiger partial charge in [-0.1, -0.05) is 19.9 Å². The summed E-state index contributed by atoms with van der Waals surface area (Å²) in [6.45, 7) is 4.66. The lowest BCUT2D eigenvalue weighted by atomic mass is 9.76. The van der Waals surface area contributed by atoms with Crippen LogP contribution in [0, 0.1) is 5.92 Å². The minimum absolute atomic E-state index is 0.727. The lowest BCUT2D eigenvalue weighted by Gasteiger charge is -2.28. The number of aromatic nitrogens is 2. The third-order valence-electron chi connectivity index (χ3n) is 3.88. The van der Waals surface area contributed by atoms with Crippen molar-refractivity contribution in [3.8, 4) is 0 Å². The Morgan fingerprint density at radius 2 is 2.25 bits per heavy atom. The minimum atomic E-state index is 0.727. The van der Waals surface area contributed by atoms with Crippen LogP contribution in [0.15, 0.2) is 18.5 Å². The molecule has 0 bridgehead atoms. The van der Waals surface area contributed by atoms with Gasteiger partial charge in [0.05, 0.1) is 17.4 Å². The number of hydrogen-bond acceptors (Lipinski definition) is 1. The van der Waals surface area contributed by atoms with E-state index in [1.54, 1.807) is 5.56 Å². The second-order valence-corrected chi connectivity index (χ2v) is 5.17. The highest BCUT2D eigenvalue weighted by Gasteiger charge is 2.24. The molecule has 16 heavy (non-hydrogen) atoms. The van der Waals surface area contributed by atoms with Crippen molar-refractivity contribution in [2.24, 2.45) is 5.92 Å². The first-order valence-corrected chi connectivity index (χ1v) is 6.22. The summed E-state index contributed by atoms with van der Waals surface area (Å²) in [6.07, 6.45) is 5.65. The van der Waals surface area contributed by atoms with Crippen LogP contribution in [0.4, 0.5) is 0 Å². The number of rotatable bonds is 1. The zero-order chi connectivity index (χ0) is 11.1. The van der Waals surface area contributed by atoms with Crippen molar-refractivity contribution in [1.82, 2.24) is 9.97 Å². The van der Waals surface area contributed by atoms with Gasteiger partial charge in [0.1, 0.15) is 0 Å². The van der Waals surface area contributed by atoms with Gasteiger partial charge in [-0.2, -0.15) is 0 Å². The number of hydrogen-bond donors (Lipinski definition) is 1. The largest absolute Gasteiger partial charge is 0.345 e. The summed E-state index contributed by atoms with van der Waals surface area (Å²) in [5.41, 5.74) is 5.41. The lowest BCUT2D eigenvalue weighted by molar-refractivity contribution is 0.435. The highest BCUT2D eigenvalue weighted by atomic mass is 14.9. The molecule has 0 amide bonds. The molecule has 3 rings (SSSR count). The summed E-state index contributed by atoms with van der Waals surface area (Å²) in [4.78, 5) is 7.67. The number of nitrogens with zero attached hydrogens (tertiary/aromatic N) is 1. The van der Waals surface area contributed by atoms with E-state index in [9.17, 15) is 0 Å². The molecule has 1 heterocycles. The van der Waals surface area contributed by atoms with Crippen LogP contribution in [0.3, 0.4) is 0 Å². The van der Waals surface area contributed by atoms with Crippen LogP contribution in [0.2, 0.25) is 0 Å². The lowest BCUT2D eigenvalue weighted by Crippen LogP contribution is -2.15. The van der Waals surface area contributed by atoms with Gasteiger partial charge in [-0.15, -0.1) is 0 Å². The van der Waals surface area contributed by atoms with E-state index in [0.717, 1.165) is 11.8 Å². The molecular formula is C14H18N2. The second kappa shape index (κ2) is 3.62. The van der Waals surface area contributed by atoms with E-state index in [2.05, 4.69) is 35.9 Å². The van der Waals surface area contributed by atoms with Crippen molar-refractivity contribution in [1.29, 1.82) is 0 Å². The minimum Gasteiger partial charge on any atom is -0.345 e. The van der Waals surface area contributed by atoms with Gasteiger partial charge >= 0.3 is 0 Å². The van der Waals surface area contributed by atoms with Gasteiger partial charge in [-0.3, -0.25) is 0 Å². The van der Waals surface area contributed by atoms with Gasteiger partial charge in [0, 0.05) is 0 Å². The summed E-state index contributed by atoms with van der Waals surface area (Å²) >= 11 is 0. The fourth-order valence-corrected chi connectivity index (χ4v) is 3.04. The molecule has 0 fully saturated rings. The van der Waals surface area contributed by atoms with E-state index in [-0.39, 0.29) is 0 Å². The van der Waals surface area contributed by atoms with Crippen molar-refractivity contribution in [2.45, 2.75) is 39.0 Å².